The molecule has 0 spiro atoms. The zero-order valence-corrected chi connectivity index (χ0v) is 15.4. The number of nitrogens with zero attached hydrogens (tertiary/aromatic N) is 1. The molecule has 138 valence electrons. The standard InChI is InChI=1S/C21H23FN2O.ClH/c22-18-8-4-7-17(11-18)21(9-10-21)20(25)24-13-16(12-23)19(14-24)15-5-2-1-3-6-15;/h1-8,11,16,19H,9-10,12-14,23H2;1H/t16-,19+;/m1./s1. The molecule has 2 fully saturated rings. The largest absolute Gasteiger partial charge is 0.341 e. The second-order valence-electron chi connectivity index (χ2n) is 7.32. The Labute approximate surface area is 159 Å². The van der Waals surface area contributed by atoms with Gasteiger partial charge in [-0.3, -0.25) is 4.79 Å². The van der Waals surface area contributed by atoms with E-state index in [1.165, 1.54) is 17.7 Å². The van der Waals surface area contributed by atoms with Crippen LogP contribution in [0.4, 0.5) is 4.39 Å². The Morgan fingerprint density at radius 2 is 1.85 bits per heavy atom. The second-order valence-corrected chi connectivity index (χ2v) is 7.32. The Balaban J connectivity index is 0.00000196. The molecular formula is C21H24ClFN2O. The number of hydrogen-bond acceptors (Lipinski definition) is 2. The van der Waals surface area contributed by atoms with Crippen LogP contribution in [-0.4, -0.2) is 30.4 Å². The van der Waals surface area contributed by atoms with Gasteiger partial charge < -0.3 is 10.6 Å². The van der Waals surface area contributed by atoms with Crippen molar-refractivity contribution in [2.75, 3.05) is 19.6 Å². The van der Waals surface area contributed by atoms with Crippen LogP contribution >= 0.6 is 12.4 Å². The van der Waals surface area contributed by atoms with Gasteiger partial charge in [0.2, 0.25) is 5.91 Å². The molecule has 1 aliphatic heterocycles. The van der Waals surface area contributed by atoms with Gasteiger partial charge in [0.25, 0.3) is 0 Å². The summed E-state index contributed by atoms with van der Waals surface area (Å²) in [5.41, 5.74) is 7.52. The number of halogens is 2. The van der Waals surface area contributed by atoms with Gasteiger partial charge in [0.1, 0.15) is 5.82 Å². The number of rotatable bonds is 4. The molecular weight excluding hydrogens is 351 g/mol. The van der Waals surface area contributed by atoms with Crippen LogP contribution in [0, 0.1) is 11.7 Å². The summed E-state index contributed by atoms with van der Waals surface area (Å²) in [5.74, 6) is 0.406. The van der Waals surface area contributed by atoms with E-state index in [9.17, 15) is 9.18 Å². The van der Waals surface area contributed by atoms with Crippen LogP contribution in [0.1, 0.15) is 29.9 Å². The first kappa shape index (κ1) is 18.9. The third-order valence-corrected chi connectivity index (χ3v) is 5.80. The summed E-state index contributed by atoms with van der Waals surface area (Å²) >= 11 is 0. The van der Waals surface area contributed by atoms with E-state index in [2.05, 4.69) is 12.1 Å². The fourth-order valence-electron chi connectivity index (χ4n) is 4.19. The average molecular weight is 375 g/mol. The Morgan fingerprint density at radius 3 is 2.46 bits per heavy atom. The highest BCUT2D eigenvalue weighted by atomic mass is 35.5. The third-order valence-electron chi connectivity index (χ3n) is 5.80. The molecule has 1 saturated heterocycles. The molecule has 1 aliphatic carbocycles. The number of likely N-dealkylation sites (tertiary alicyclic amines) is 1. The summed E-state index contributed by atoms with van der Waals surface area (Å²) in [5, 5.41) is 0. The van der Waals surface area contributed by atoms with E-state index in [1.54, 1.807) is 6.07 Å². The molecule has 1 amide bonds. The monoisotopic (exact) mass is 374 g/mol. The smallest absolute Gasteiger partial charge is 0.233 e. The van der Waals surface area contributed by atoms with E-state index >= 15 is 0 Å². The molecule has 0 radical (unpaired) electrons. The second kappa shape index (κ2) is 7.37. The minimum Gasteiger partial charge on any atom is -0.341 e. The lowest BCUT2D eigenvalue weighted by molar-refractivity contribution is -0.133. The molecule has 2 aromatic carbocycles. The zero-order chi connectivity index (χ0) is 17.4. The molecule has 2 atom stereocenters. The van der Waals surface area contributed by atoms with Gasteiger partial charge in [0.05, 0.1) is 5.41 Å². The van der Waals surface area contributed by atoms with E-state index in [0.717, 1.165) is 18.4 Å². The highest BCUT2D eigenvalue weighted by Gasteiger charge is 2.54. The van der Waals surface area contributed by atoms with E-state index in [0.29, 0.717) is 19.6 Å². The molecule has 0 unspecified atom stereocenters. The van der Waals surface area contributed by atoms with Crippen molar-refractivity contribution in [3.63, 3.8) is 0 Å². The van der Waals surface area contributed by atoms with Crippen molar-refractivity contribution in [2.24, 2.45) is 11.7 Å². The van der Waals surface area contributed by atoms with Crippen molar-refractivity contribution in [3.8, 4) is 0 Å². The predicted molar refractivity (Wildman–Crippen MR) is 103 cm³/mol. The Morgan fingerprint density at radius 1 is 1.12 bits per heavy atom. The summed E-state index contributed by atoms with van der Waals surface area (Å²) in [6, 6.07) is 16.8. The maximum atomic E-state index is 13.6. The quantitative estimate of drug-likeness (QED) is 0.890. The Hall–Kier alpha value is -1.91. The number of benzene rings is 2. The van der Waals surface area contributed by atoms with Crippen molar-refractivity contribution >= 4 is 18.3 Å². The summed E-state index contributed by atoms with van der Waals surface area (Å²) in [6.45, 7) is 1.95. The minimum absolute atomic E-state index is 0. The summed E-state index contributed by atoms with van der Waals surface area (Å²) in [7, 11) is 0. The van der Waals surface area contributed by atoms with Crippen LogP contribution < -0.4 is 5.73 Å². The van der Waals surface area contributed by atoms with Crippen LogP contribution in [0.15, 0.2) is 54.6 Å². The predicted octanol–water partition coefficient (Wildman–Crippen LogP) is 3.48. The molecule has 1 heterocycles. The maximum absolute atomic E-state index is 13.6. The Bertz CT molecular complexity index is 779. The minimum atomic E-state index is -0.521. The number of carbonyl (C=O) groups is 1. The van der Waals surface area contributed by atoms with E-state index in [1.807, 2.05) is 29.2 Å². The lowest BCUT2D eigenvalue weighted by Crippen LogP contribution is -2.38. The first-order chi connectivity index (χ1) is 12.1. The molecule has 2 N–H and O–H groups in total. The SMILES string of the molecule is Cl.NC[C@@H]1CN(C(=O)C2(c3cccc(F)c3)CC2)C[C@H]1c1ccccc1. The molecule has 26 heavy (non-hydrogen) atoms. The van der Waals surface area contributed by atoms with Gasteiger partial charge in [-0.25, -0.2) is 4.39 Å². The van der Waals surface area contributed by atoms with Crippen molar-refractivity contribution in [1.29, 1.82) is 0 Å². The first-order valence-electron chi connectivity index (χ1n) is 8.94. The van der Waals surface area contributed by atoms with Crippen molar-refractivity contribution in [2.45, 2.75) is 24.2 Å². The average Bonchev–Trinajstić information content (AvgIpc) is 3.34. The van der Waals surface area contributed by atoms with Crippen molar-refractivity contribution in [1.82, 2.24) is 4.90 Å². The van der Waals surface area contributed by atoms with Crippen molar-refractivity contribution in [3.05, 3.63) is 71.5 Å². The van der Waals surface area contributed by atoms with Gasteiger partial charge in [-0.1, -0.05) is 42.5 Å². The van der Waals surface area contributed by atoms with E-state index < -0.39 is 5.41 Å². The number of carbonyl (C=O) groups excluding carboxylic acids is 1. The third kappa shape index (κ3) is 3.24. The van der Waals surface area contributed by atoms with Crippen LogP contribution in [-0.2, 0) is 10.2 Å². The van der Waals surface area contributed by atoms with Crippen LogP contribution in [0.2, 0.25) is 0 Å². The number of nitrogens with two attached hydrogens (primary N) is 1. The van der Waals surface area contributed by atoms with Crippen LogP contribution in [0.3, 0.4) is 0 Å². The lowest BCUT2D eigenvalue weighted by Gasteiger charge is -2.24. The first-order valence-corrected chi connectivity index (χ1v) is 8.94. The van der Waals surface area contributed by atoms with Crippen molar-refractivity contribution < 1.29 is 9.18 Å². The fraction of sp³-hybridized carbons (Fsp3) is 0.381. The number of amides is 1. The van der Waals surface area contributed by atoms with Gasteiger partial charge in [0.15, 0.2) is 0 Å². The van der Waals surface area contributed by atoms with E-state index in [-0.39, 0.29) is 36.0 Å². The lowest BCUT2D eigenvalue weighted by atomic mass is 9.89. The van der Waals surface area contributed by atoms with Gasteiger partial charge in [-0.2, -0.15) is 0 Å². The molecule has 2 aliphatic rings. The van der Waals surface area contributed by atoms with Gasteiger partial charge >= 0.3 is 0 Å². The molecule has 0 bridgehead atoms. The van der Waals surface area contributed by atoms with Crippen LogP contribution in [0.5, 0.6) is 0 Å². The van der Waals surface area contributed by atoms with Crippen LogP contribution in [0.25, 0.3) is 0 Å². The maximum Gasteiger partial charge on any atom is 0.233 e. The molecule has 4 rings (SSSR count). The molecule has 0 aromatic heterocycles. The highest BCUT2D eigenvalue weighted by molar-refractivity contribution is 5.91. The zero-order valence-electron chi connectivity index (χ0n) is 14.6. The normalized spacial score (nSPS) is 23.4. The molecule has 3 nitrogen and oxygen atoms in total. The highest BCUT2D eigenvalue weighted by Crippen LogP contribution is 2.50. The molecule has 5 heteroatoms. The van der Waals surface area contributed by atoms with Gasteiger partial charge in [0, 0.05) is 19.0 Å². The summed E-state index contributed by atoms with van der Waals surface area (Å²) < 4.78 is 13.6. The fourth-order valence-corrected chi connectivity index (χ4v) is 4.19. The van der Waals surface area contributed by atoms with Gasteiger partial charge in [-0.05, 0) is 48.6 Å². The summed E-state index contributed by atoms with van der Waals surface area (Å²) in [4.78, 5) is 15.2. The molecule has 2 aromatic rings. The topological polar surface area (TPSA) is 46.3 Å². The van der Waals surface area contributed by atoms with Gasteiger partial charge in [-0.15, -0.1) is 12.4 Å². The molecule has 1 saturated carbocycles. The number of hydrogen-bond donors (Lipinski definition) is 1. The summed E-state index contributed by atoms with van der Waals surface area (Å²) in [6.07, 6.45) is 1.60. The Kier molecular flexibility index (Phi) is 5.35. The van der Waals surface area contributed by atoms with E-state index in [4.69, 9.17) is 5.73 Å².